The Bertz CT molecular complexity index is 1370. The molecule has 0 bridgehead atoms. The molecule has 170 valence electrons. The van der Waals surface area contributed by atoms with E-state index in [0.717, 1.165) is 58.3 Å². The molecule has 4 heterocycles. The van der Waals surface area contributed by atoms with E-state index < -0.39 is 0 Å². The van der Waals surface area contributed by atoms with Crippen molar-refractivity contribution in [3.8, 4) is 11.1 Å². The van der Waals surface area contributed by atoms with Gasteiger partial charge in [-0.15, -0.1) is 0 Å². The Morgan fingerprint density at radius 3 is 2.73 bits per heavy atom. The van der Waals surface area contributed by atoms with E-state index in [2.05, 4.69) is 36.3 Å². The summed E-state index contributed by atoms with van der Waals surface area (Å²) in [5, 5.41) is 6.60. The van der Waals surface area contributed by atoms with Gasteiger partial charge in [0.2, 0.25) is 5.91 Å². The van der Waals surface area contributed by atoms with Crippen LogP contribution in [-0.4, -0.2) is 56.5 Å². The highest BCUT2D eigenvalue weighted by Crippen LogP contribution is 2.38. The Kier molecular flexibility index (Phi) is 5.33. The van der Waals surface area contributed by atoms with Crippen LogP contribution >= 0.6 is 11.3 Å². The number of amides is 3. The van der Waals surface area contributed by atoms with Gasteiger partial charge in [-0.1, -0.05) is 17.4 Å². The molecule has 4 N–H and O–H groups in total. The molecule has 11 heteroatoms. The number of nitrogens with two attached hydrogens (primary N) is 1. The first-order valence-electron chi connectivity index (χ1n) is 10.7. The van der Waals surface area contributed by atoms with E-state index >= 15 is 0 Å². The summed E-state index contributed by atoms with van der Waals surface area (Å²) in [4.78, 5) is 38.5. The van der Waals surface area contributed by atoms with Crippen molar-refractivity contribution < 1.29 is 9.59 Å². The van der Waals surface area contributed by atoms with Gasteiger partial charge in [-0.3, -0.25) is 10.1 Å². The van der Waals surface area contributed by atoms with Gasteiger partial charge < -0.3 is 20.5 Å². The second-order valence-corrected chi connectivity index (χ2v) is 9.08. The lowest BCUT2D eigenvalue weighted by molar-refractivity contribution is -0.130. The fourth-order valence-corrected chi connectivity index (χ4v) is 5.27. The summed E-state index contributed by atoms with van der Waals surface area (Å²) >= 11 is 1.41. The SMILES string of the molecule is CNC(=O)Nc1nc2ccc(-c3cn(C4CCN(C(C)=O)CC4)c4ncnc(N)c34)cc2s1. The quantitative estimate of drug-likeness (QED) is 0.427. The van der Waals surface area contributed by atoms with Gasteiger partial charge in [-0.05, 0) is 30.5 Å². The second-order valence-electron chi connectivity index (χ2n) is 8.05. The highest BCUT2D eigenvalue weighted by molar-refractivity contribution is 7.22. The third kappa shape index (κ3) is 3.84. The average molecular weight is 465 g/mol. The Balaban J connectivity index is 1.55. The maximum atomic E-state index is 11.7. The van der Waals surface area contributed by atoms with Gasteiger partial charge in [0.15, 0.2) is 5.13 Å². The second kappa shape index (κ2) is 8.32. The minimum atomic E-state index is -0.307. The summed E-state index contributed by atoms with van der Waals surface area (Å²) in [7, 11) is 1.56. The number of benzene rings is 1. The smallest absolute Gasteiger partial charge is 0.320 e. The monoisotopic (exact) mass is 464 g/mol. The van der Waals surface area contributed by atoms with Gasteiger partial charge in [0.05, 0.1) is 15.6 Å². The maximum absolute atomic E-state index is 11.7. The van der Waals surface area contributed by atoms with Crippen LogP contribution in [0.5, 0.6) is 0 Å². The summed E-state index contributed by atoms with van der Waals surface area (Å²) < 4.78 is 3.13. The van der Waals surface area contributed by atoms with Crippen LogP contribution in [0.3, 0.4) is 0 Å². The number of nitrogens with one attached hydrogen (secondary N) is 2. The standard InChI is InChI=1S/C22H24N8O2S/c1-12(31)29-7-5-14(6-8-29)30-10-15(18-19(23)25-11-26-20(18)30)13-3-4-16-17(9-13)33-22(27-16)28-21(32)24-2/h3-4,9-11,14H,5-8H2,1-2H3,(H2,23,25,26)(H2,24,27,28,32). The summed E-state index contributed by atoms with van der Waals surface area (Å²) in [6, 6.07) is 5.89. The molecular weight excluding hydrogens is 440 g/mol. The molecular formula is C22H24N8O2S. The number of aromatic nitrogens is 4. The molecule has 0 spiro atoms. The summed E-state index contributed by atoms with van der Waals surface area (Å²) in [5.41, 5.74) is 9.83. The van der Waals surface area contributed by atoms with Crippen molar-refractivity contribution in [3.05, 3.63) is 30.7 Å². The molecule has 1 aliphatic rings. The van der Waals surface area contributed by atoms with Crippen LogP contribution in [0.25, 0.3) is 32.4 Å². The van der Waals surface area contributed by atoms with Crippen LogP contribution in [0.1, 0.15) is 25.8 Å². The molecule has 0 aliphatic carbocycles. The number of fused-ring (bicyclic) bond motifs is 2. The van der Waals surface area contributed by atoms with Crippen molar-refractivity contribution in [2.24, 2.45) is 0 Å². The molecule has 4 aromatic rings. The highest BCUT2D eigenvalue weighted by atomic mass is 32.1. The minimum absolute atomic E-state index is 0.112. The van der Waals surface area contributed by atoms with Crippen molar-refractivity contribution >= 4 is 55.5 Å². The van der Waals surface area contributed by atoms with Gasteiger partial charge in [0, 0.05) is 44.9 Å². The van der Waals surface area contributed by atoms with Crippen molar-refractivity contribution in [2.75, 3.05) is 31.2 Å². The number of urea groups is 1. The van der Waals surface area contributed by atoms with Crippen molar-refractivity contribution in [2.45, 2.75) is 25.8 Å². The Morgan fingerprint density at radius 2 is 2.00 bits per heavy atom. The number of anilines is 2. The first-order chi connectivity index (χ1) is 15.9. The predicted octanol–water partition coefficient (Wildman–Crippen LogP) is 3.22. The van der Waals surface area contributed by atoms with E-state index in [1.54, 1.807) is 14.0 Å². The molecule has 0 atom stereocenters. The topological polar surface area (TPSA) is 131 Å². The van der Waals surface area contributed by atoms with E-state index in [1.807, 2.05) is 23.1 Å². The number of likely N-dealkylation sites (tertiary alicyclic amines) is 1. The first-order valence-corrected chi connectivity index (χ1v) is 11.5. The van der Waals surface area contributed by atoms with Crippen LogP contribution in [-0.2, 0) is 4.79 Å². The fraction of sp³-hybridized carbons (Fsp3) is 0.318. The van der Waals surface area contributed by atoms with E-state index in [4.69, 9.17) is 5.73 Å². The number of thiazole rings is 1. The van der Waals surface area contributed by atoms with Gasteiger partial charge >= 0.3 is 6.03 Å². The molecule has 1 fully saturated rings. The van der Waals surface area contributed by atoms with Gasteiger partial charge in [-0.25, -0.2) is 19.7 Å². The van der Waals surface area contributed by atoms with Crippen molar-refractivity contribution in [3.63, 3.8) is 0 Å². The van der Waals surface area contributed by atoms with E-state index in [1.165, 1.54) is 17.7 Å². The van der Waals surface area contributed by atoms with Crippen LogP contribution in [0.15, 0.2) is 30.7 Å². The summed E-state index contributed by atoms with van der Waals surface area (Å²) in [5.74, 6) is 0.544. The zero-order valence-corrected chi connectivity index (χ0v) is 19.1. The molecule has 3 amide bonds. The molecule has 0 radical (unpaired) electrons. The molecule has 1 saturated heterocycles. The third-order valence-electron chi connectivity index (χ3n) is 6.09. The number of piperidine rings is 1. The van der Waals surface area contributed by atoms with E-state index in [-0.39, 0.29) is 18.0 Å². The summed E-state index contributed by atoms with van der Waals surface area (Å²) in [6.07, 6.45) is 5.30. The lowest BCUT2D eigenvalue weighted by atomic mass is 10.0. The third-order valence-corrected chi connectivity index (χ3v) is 7.02. The number of hydrogen-bond acceptors (Lipinski definition) is 7. The average Bonchev–Trinajstić information content (AvgIpc) is 3.40. The van der Waals surface area contributed by atoms with Gasteiger partial charge in [-0.2, -0.15) is 0 Å². The predicted molar refractivity (Wildman–Crippen MR) is 129 cm³/mol. The Morgan fingerprint density at radius 1 is 1.21 bits per heavy atom. The van der Waals surface area contributed by atoms with Crippen molar-refractivity contribution in [1.82, 2.24) is 29.7 Å². The highest BCUT2D eigenvalue weighted by Gasteiger charge is 2.25. The lowest BCUT2D eigenvalue weighted by Gasteiger charge is -2.32. The molecule has 3 aromatic heterocycles. The Labute approximate surface area is 193 Å². The van der Waals surface area contributed by atoms with E-state index in [0.29, 0.717) is 10.9 Å². The number of carbonyl (C=O) groups excluding carboxylic acids is 2. The number of hydrogen-bond donors (Lipinski definition) is 3. The molecule has 5 rings (SSSR count). The van der Waals surface area contributed by atoms with E-state index in [9.17, 15) is 9.59 Å². The molecule has 10 nitrogen and oxygen atoms in total. The minimum Gasteiger partial charge on any atom is -0.383 e. The van der Waals surface area contributed by atoms with Crippen LogP contribution < -0.4 is 16.4 Å². The zero-order valence-electron chi connectivity index (χ0n) is 18.3. The number of carbonyl (C=O) groups is 2. The fourth-order valence-electron chi connectivity index (χ4n) is 4.37. The first kappa shape index (κ1) is 21.1. The number of nitrogens with zero attached hydrogens (tertiary/aromatic N) is 5. The van der Waals surface area contributed by atoms with Crippen LogP contribution in [0.2, 0.25) is 0 Å². The molecule has 0 saturated carbocycles. The molecule has 1 aliphatic heterocycles. The van der Waals surface area contributed by atoms with Crippen LogP contribution in [0, 0.1) is 0 Å². The lowest BCUT2D eigenvalue weighted by Crippen LogP contribution is -2.37. The molecule has 33 heavy (non-hydrogen) atoms. The van der Waals surface area contributed by atoms with Gasteiger partial charge in [0.1, 0.15) is 17.8 Å². The van der Waals surface area contributed by atoms with Crippen LogP contribution in [0.4, 0.5) is 15.7 Å². The molecule has 1 aromatic carbocycles. The number of nitrogen functional groups attached to an aromatic ring is 1. The van der Waals surface area contributed by atoms with Crippen molar-refractivity contribution in [1.29, 1.82) is 0 Å². The largest absolute Gasteiger partial charge is 0.383 e. The maximum Gasteiger partial charge on any atom is 0.320 e. The molecule has 0 unspecified atom stereocenters. The normalized spacial score (nSPS) is 14.7. The Hall–Kier alpha value is -3.73. The number of rotatable bonds is 3. The zero-order chi connectivity index (χ0) is 23.1. The summed E-state index contributed by atoms with van der Waals surface area (Å²) in [6.45, 7) is 3.07. The van der Waals surface area contributed by atoms with Gasteiger partial charge in [0.25, 0.3) is 0 Å².